The zero-order valence-electron chi connectivity index (χ0n) is 16.2. The Kier molecular flexibility index (Phi) is 7.33. The lowest BCUT2D eigenvalue weighted by molar-refractivity contribution is -0.125. The van der Waals surface area contributed by atoms with Crippen LogP contribution >= 0.6 is 12.4 Å². The van der Waals surface area contributed by atoms with Crippen LogP contribution in [0.4, 0.5) is 4.39 Å². The first-order chi connectivity index (χ1) is 12.7. The molecule has 2 fully saturated rings. The Morgan fingerprint density at radius 3 is 2.54 bits per heavy atom. The summed E-state index contributed by atoms with van der Waals surface area (Å²) in [6, 6.07) is 4.08. The number of amides is 1. The van der Waals surface area contributed by atoms with Gasteiger partial charge in [0.2, 0.25) is 5.91 Å². The Morgan fingerprint density at radius 1 is 1.36 bits per heavy atom. The number of ether oxygens (including phenoxy) is 1. The molecule has 158 valence electrons. The van der Waals surface area contributed by atoms with Crippen LogP contribution in [0.15, 0.2) is 18.2 Å². The minimum atomic E-state index is -3.59. The van der Waals surface area contributed by atoms with Crippen molar-refractivity contribution in [1.29, 1.82) is 0 Å². The highest BCUT2D eigenvalue weighted by Gasteiger charge is 2.48. The smallest absolute Gasteiger partial charge is 0.242 e. The fraction of sp³-hybridized carbons (Fsp3) is 0.632. The monoisotopic (exact) mass is 434 g/mol. The summed E-state index contributed by atoms with van der Waals surface area (Å²) in [5, 5.41) is 5.85. The molecule has 0 aromatic heterocycles. The molecule has 2 N–H and O–H groups in total. The van der Waals surface area contributed by atoms with Gasteiger partial charge in [-0.1, -0.05) is 6.07 Å². The molecule has 1 aliphatic carbocycles. The molecule has 0 bridgehead atoms. The number of sulfone groups is 1. The predicted molar refractivity (Wildman–Crippen MR) is 108 cm³/mol. The Morgan fingerprint density at radius 2 is 2.00 bits per heavy atom. The molecule has 1 amide bonds. The highest BCUT2D eigenvalue weighted by atomic mass is 35.5. The van der Waals surface area contributed by atoms with Gasteiger partial charge in [0.25, 0.3) is 0 Å². The second kappa shape index (κ2) is 8.97. The van der Waals surface area contributed by atoms with E-state index >= 15 is 0 Å². The van der Waals surface area contributed by atoms with Crippen molar-refractivity contribution in [2.24, 2.45) is 5.92 Å². The molecule has 9 heteroatoms. The minimum absolute atomic E-state index is 0. The first kappa shape index (κ1) is 22.9. The SMILES string of the molecule is CC(NC(=O)C1(S(C)(=O)=O)CCNCC1)c1ccc(OCC2CC2)c(F)c1.Cl. The average molecular weight is 435 g/mol. The van der Waals surface area contributed by atoms with E-state index in [2.05, 4.69) is 10.6 Å². The molecule has 2 aliphatic rings. The number of nitrogens with one attached hydrogen (secondary N) is 2. The Labute approximate surface area is 171 Å². The van der Waals surface area contributed by atoms with Gasteiger partial charge in [0.1, 0.15) is 0 Å². The van der Waals surface area contributed by atoms with Crippen LogP contribution in [-0.2, 0) is 14.6 Å². The molecule has 1 heterocycles. The van der Waals surface area contributed by atoms with Crippen molar-refractivity contribution in [2.75, 3.05) is 26.0 Å². The molecule has 1 saturated heterocycles. The van der Waals surface area contributed by atoms with Crippen molar-refractivity contribution < 1.29 is 22.3 Å². The molecule has 1 unspecified atom stereocenters. The third-order valence-electron chi connectivity index (χ3n) is 5.51. The van der Waals surface area contributed by atoms with E-state index in [1.54, 1.807) is 19.1 Å². The van der Waals surface area contributed by atoms with E-state index in [1.165, 1.54) is 6.07 Å². The molecule has 1 aromatic carbocycles. The molecular weight excluding hydrogens is 407 g/mol. The maximum absolute atomic E-state index is 14.3. The summed E-state index contributed by atoms with van der Waals surface area (Å²) in [5.41, 5.74) is 0.567. The molecule has 1 aromatic rings. The highest BCUT2D eigenvalue weighted by Crippen LogP contribution is 2.31. The Hall–Kier alpha value is -1.38. The molecule has 1 aliphatic heterocycles. The standard InChI is InChI=1S/C19H27FN2O4S.ClH/c1-13(15-5-6-17(16(20)11-15)26-12-14-3-4-14)22-18(23)19(27(2,24)25)7-9-21-10-8-19;/h5-6,11,13-14,21H,3-4,7-10,12H2,1-2H3,(H,22,23);1H. The fourth-order valence-electron chi connectivity index (χ4n) is 3.40. The van der Waals surface area contributed by atoms with Crippen LogP contribution in [-0.4, -0.2) is 45.0 Å². The van der Waals surface area contributed by atoms with Crippen molar-refractivity contribution in [3.05, 3.63) is 29.6 Å². The van der Waals surface area contributed by atoms with Crippen LogP contribution < -0.4 is 15.4 Å². The zero-order valence-corrected chi connectivity index (χ0v) is 17.8. The largest absolute Gasteiger partial charge is 0.490 e. The van der Waals surface area contributed by atoms with E-state index in [-0.39, 0.29) is 31.0 Å². The zero-order chi connectivity index (χ0) is 19.7. The number of piperidine rings is 1. The molecule has 1 atom stereocenters. The lowest BCUT2D eigenvalue weighted by atomic mass is 9.95. The summed E-state index contributed by atoms with van der Waals surface area (Å²) in [6.45, 7) is 3.18. The van der Waals surface area contributed by atoms with Crippen LogP contribution in [0.5, 0.6) is 5.75 Å². The summed E-state index contributed by atoms with van der Waals surface area (Å²) in [4.78, 5) is 12.9. The number of halogens is 2. The average Bonchev–Trinajstić information content (AvgIpc) is 3.44. The van der Waals surface area contributed by atoms with Gasteiger partial charge in [0.15, 0.2) is 26.2 Å². The quantitative estimate of drug-likeness (QED) is 0.688. The molecule has 28 heavy (non-hydrogen) atoms. The minimum Gasteiger partial charge on any atom is -0.490 e. The van der Waals surface area contributed by atoms with E-state index in [4.69, 9.17) is 4.74 Å². The van der Waals surface area contributed by atoms with E-state index < -0.39 is 32.4 Å². The highest BCUT2D eigenvalue weighted by molar-refractivity contribution is 7.92. The van der Waals surface area contributed by atoms with Crippen molar-refractivity contribution >= 4 is 28.2 Å². The van der Waals surface area contributed by atoms with Crippen molar-refractivity contribution in [3.8, 4) is 5.75 Å². The maximum atomic E-state index is 14.3. The number of hydrogen-bond acceptors (Lipinski definition) is 5. The normalized spacial score (nSPS) is 20.0. The van der Waals surface area contributed by atoms with Crippen LogP contribution in [0.3, 0.4) is 0 Å². The summed E-state index contributed by atoms with van der Waals surface area (Å²) >= 11 is 0. The molecule has 6 nitrogen and oxygen atoms in total. The Bertz CT molecular complexity index is 808. The lowest BCUT2D eigenvalue weighted by Gasteiger charge is -2.35. The van der Waals surface area contributed by atoms with E-state index in [9.17, 15) is 17.6 Å². The number of benzene rings is 1. The third-order valence-corrected chi connectivity index (χ3v) is 7.52. The van der Waals surface area contributed by atoms with Gasteiger partial charge in [-0.25, -0.2) is 12.8 Å². The second-order valence-corrected chi connectivity index (χ2v) is 9.98. The van der Waals surface area contributed by atoms with Gasteiger partial charge in [-0.3, -0.25) is 4.79 Å². The molecule has 3 rings (SSSR count). The number of hydrogen-bond donors (Lipinski definition) is 2. The number of rotatable bonds is 7. The maximum Gasteiger partial charge on any atom is 0.242 e. The lowest BCUT2D eigenvalue weighted by Crippen LogP contribution is -2.57. The first-order valence-electron chi connectivity index (χ1n) is 9.36. The van der Waals surface area contributed by atoms with Crippen LogP contribution in [0.1, 0.15) is 44.2 Å². The van der Waals surface area contributed by atoms with Crippen LogP contribution in [0, 0.1) is 11.7 Å². The second-order valence-electron chi connectivity index (χ2n) is 7.66. The van der Waals surface area contributed by atoms with Gasteiger partial charge in [0.05, 0.1) is 12.6 Å². The van der Waals surface area contributed by atoms with Gasteiger partial charge in [-0.05, 0) is 69.3 Å². The van der Waals surface area contributed by atoms with E-state index in [0.29, 0.717) is 31.2 Å². The first-order valence-corrected chi connectivity index (χ1v) is 11.3. The van der Waals surface area contributed by atoms with Gasteiger partial charge in [-0.15, -0.1) is 12.4 Å². The summed E-state index contributed by atoms with van der Waals surface area (Å²) in [5.74, 6) is -0.267. The summed E-state index contributed by atoms with van der Waals surface area (Å²) in [7, 11) is -3.59. The van der Waals surface area contributed by atoms with Crippen LogP contribution in [0.25, 0.3) is 0 Å². The van der Waals surface area contributed by atoms with E-state index in [1.807, 2.05) is 0 Å². The topological polar surface area (TPSA) is 84.5 Å². The van der Waals surface area contributed by atoms with Gasteiger partial charge in [-0.2, -0.15) is 0 Å². The van der Waals surface area contributed by atoms with Crippen molar-refractivity contribution in [2.45, 2.75) is 43.4 Å². The van der Waals surface area contributed by atoms with E-state index in [0.717, 1.165) is 19.1 Å². The van der Waals surface area contributed by atoms with Crippen molar-refractivity contribution in [1.82, 2.24) is 10.6 Å². The molecule has 0 spiro atoms. The summed E-state index contributed by atoms with van der Waals surface area (Å²) < 4.78 is 43.0. The number of carbonyl (C=O) groups is 1. The molecule has 0 radical (unpaired) electrons. The molecule has 1 saturated carbocycles. The van der Waals surface area contributed by atoms with Gasteiger partial charge < -0.3 is 15.4 Å². The third kappa shape index (κ3) is 4.96. The van der Waals surface area contributed by atoms with Gasteiger partial charge in [0, 0.05) is 6.26 Å². The van der Waals surface area contributed by atoms with Crippen molar-refractivity contribution in [3.63, 3.8) is 0 Å². The summed E-state index contributed by atoms with van der Waals surface area (Å²) in [6.07, 6.45) is 3.81. The van der Waals surface area contributed by atoms with Crippen LogP contribution in [0.2, 0.25) is 0 Å². The Balaban J connectivity index is 0.00000280. The number of carbonyl (C=O) groups excluding carboxylic acids is 1. The van der Waals surface area contributed by atoms with Gasteiger partial charge >= 0.3 is 0 Å². The predicted octanol–water partition coefficient (Wildman–Crippen LogP) is 2.38. The molecular formula is C19H28ClFN2O4S. The fourth-order valence-corrected chi connectivity index (χ4v) is 4.75.